The number of halogens is 1. The molecule has 3 aromatic carbocycles. The van der Waals surface area contributed by atoms with Gasteiger partial charge in [-0.3, -0.25) is 13.9 Å². The lowest BCUT2D eigenvalue weighted by Gasteiger charge is -2.33. The van der Waals surface area contributed by atoms with Crippen molar-refractivity contribution >= 4 is 27.5 Å². The summed E-state index contributed by atoms with van der Waals surface area (Å²) in [5.74, 6) is -0.705. The minimum Gasteiger partial charge on any atom is -0.497 e. The first-order valence-corrected chi connectivity index (χ1v) is 15.6. The molecule has 2 amide bonds. The number of benzene rings is 3. The second kappa shape index (κ2) is 13.8. The number of amides is 2. The van der Waals surface area contributed by atoms with E-state index in [-0.39, 0.29) is 29.1 Å². The first-order valence-electron chi connectivity index (χ1n) is 14.2. The first-order chi connectivity index (χ1) is 20.1. The second-order valence-corrected chi connectivity index (χ2v) is 12.4. The Balaban J connectivity index is 1.70. The van der Waals surface area contributed by atoms with Crippen LogP contribution in [0.25, 0.3) is 0 Å². The van der Waals surface area contributed by atoms with Crippen LogP contribution in [0.4, 0.5) is 10.1 Å². The number of carbonyl (C=O) groups excluding carboxylic acids is 2. The zero-order valence-corrected chi connectivity index (χ0v) is 25.1. The van der Waals surface area contributed by atoms with Crippen LogP contribution in [-0.2, 0) is 26.2 Å². The molecule has 1 N–H and O–H groups in total. The number of aryl methyl sites for hydroxylation is 1. The Kier molecular flexibility index (Phi) is 10.2. The van der Waals surface area contributed by atoms with Crippen LogP contribution in [0, 0.1) is 12.7 Å². The molecule has 10 heteroatoms. The average Bonchev–Trinajstić information content (AvgIpc) is 3.49. The molecule has 4 rings (SSSR count). The molecule has 0 radical (unpaired) electrons. The standard InChI is InChI=1S/C32H38FN3O5S/c1-4-30(32(38)34-26-7-5-6-8-26)35(21-24-11-17-28(41-3)18-12-24)31(37)22-36(27-15-13-25(33)14-16-27)42(39,40)29-19-9-23(2)10-20-29/h9-20,26,30H,4-8,21-22H2,1-3H3,(H,34,38)/t30-/m0/s1. The van der Waals surface area contributed by atoms with Gasteiger partial charge in [-0.15, -0.1) is 0 Å². The lowest BCUT2D eigenvalue weighted by Crippen LogP contribution is -2.53. The summed E-state index contributed by atoms with van der Waals surface area (Å²) in [4.78, 5) is 29.1. The van der Waals surface area contributed by atoms with Gasteiger partial charge in [0, 0.05) is 12.6 Å². The fourth-order valence-electron chi connectivity index (χ4n) is 5.19. The van der Waals surface area contributed by atoms with Gasteiger partial charge in [-0.25, -0.2) is 12.8 Å². The molecule has 0 spiro atoms. The maximum Gasteiger partial charge on any atom is 0.264 e. The third-order valence-electron chi connectivity index (χ3n) is 7.60. The number of nitrogens with zero attached hydrogens (tertiary/aromatic N) is 2. The molecule has 1 aliphatic rings. The number of nitrogens with one attached hydrogen (secondary N) is 1. The minimum absolute atomic E-state index is 0.00190. The predicted molar refractivity (Wildman–Crippen MR) is 160 cm³/mol. The number of anilines is 1. The number of hydrogen-bond acceptors (Lipinski definition) is 5. The van der Waals surface area contributed by atoms with Gasteiger partial charge in [0.2, 0.25) is 11.8 Å². The molecule has 0 aromatic heterocycles. The molecule has 1 saturated carbocycles. The van der Waals surface area contributed by atoms with E-state index in [1.54, 1.807) is 31.4 Å². The van der Waals surface area contributed by atoms with E-state index in [1.807, 2.05) is 26.0 Å². The highest BCUT2D eigenvalue weighted by Gasteiger charge is 2.34. The molecular formula is C32H38FN3O5S. The van der Waals surface area contributed by atoms with Crippen molar-refractivity contribution in [2.75, 3.05) is 18.0 Å². The van der Waals surface area contributed by atoms with E-state index < -0.39 is 34.3 Å². The quantitative estimate of drug-likeness (QED) is 0.310. The normalized spacial score (nSPS) is 14.3. The maximum atomic E-state index is 14.1. The molecule has 0 unspecified atom stereocenters. The minimum atomic E-state index is -4.22. The van der Waals surface area contributed by atoms with Crippen LogP contribution in [0.2, 0.25) is 0 Å². The molecule has 0 saturated heterocycles. The van der Waals surface area contributed by atoms with Crippen LogP contribution in [0.5, 0.6) is 5.75 Å². The molecule has 1 aliphatic carbocycles. The van der Waals surface area contributed by atoms with Crippen molar-refractivity contribution in [3.05, 3.63) is 89.7 Å². The van der Waals surface area contributed by atoms with Gasteiger partial charge in [0.25, 0.3) is 10.0 Å². The Hall–Kier alpha value is -3.92. The summed E-state index contributed by atoms with van der Waals surface area (Å²) in [7, 11) is -2.66. The average molecular weight is 596 g/mol. The van der Waals surface area contributed by atoms with E-state index >= 15 is 0 Å². The van der Waals surface area contributed by atoms with Crippen LogP contribution in [0.3, 0.4) is 0 Å². The van der Waals surface area contributed by atoms with E-state index in [2.05, 4.69) is 5.32 Å². The zero-order valence-electron chi connectivity index (χ0n) is 24.3. The highest BCUT2D eigenvalue weighted by atomic mass is 32.2. The van der Waals surface area contributed by atoms with Gasteiger partial charge in [-0.2, -0.15) is 0 Å². The molecule has 8 nitrogen and oxygen atoms in total. The highest BCUT2D eigenvalue weighted by Crippen LogP contribution is 2.26. The molecule has 1 atom stereocenters. The Morgan fingerprint density at radius 2 is 1.60 bits per heavy atom. The van der Waals surface area contributed by atoms with Crippen molar-refractivity contribution in [3.8, 4) is 5.75 Å². The number of ether oxygens (including phenoxy) is 1. The molecule has 224 valence electrons. The maximum absolute atomic E-state index is 14.1. The second-order valence-electron chi connectivity index (χ2n) is 10.6. The third kappa shape index (κ3) is 7.47. The van der Waals surface area contributed by atoms with Gasteiger partial charge >= 0.3 is 0 Å². The number of methoxy groups -OCH3 is 1. The van der Waals surface area contributed by atoms with E-state index in [0.29, 0.717) is 12.2 Å². The van der Waals surface area contributed by atoms with Crippen LogP contribution < -0.4 is 14.4 Å². The van der Waals surface area contributed by atoms with Gasteiger partial charge in [-0.05, 0) is 80.3 Å². The molecule has 0 heterocycles. The van der Waals surface area contributed by atoms with E-state index in [0.717, 1.165) is 53.2 Å². The number of sulfonamides is 1. The van der Waals surface area contributed by atoms with Crippen LogP contribution in [0.1, 0.15) is 50.2 Å². The molecule has 0 aliphatic heterocycles. The van der Waals surface area contributed by atoms with Crippen molar-refractivity contribution in [1.29, 1.82) is 0 Å². The van der Waals surface area contributed by atoms with Crippen molar-refractivity contribution in [1.82, 2.24) is 10.2 Å². The Labute approximate surface area is 247 Å². The Morgan fingerprint density at radius 1 is 0.976 bits per heavy atom. The SMILES string of the molecule is CC[C@@H](C(=O)NC1CCCC1)N(Cc1ccc(OC)cc1)C(=O)CN(c1ccc(F)cc1)S(=O)(=O)c1ccc(C)cc1. The van der Waals surface area contributed by atoms with E-state index in [9.17, 15) is 22.4 Å². The van der Waals surface area contributed by atoms with Crippen molar-refractivity contribution < 1.29 is 27.1 Å². The molecule has 1 fully saturated rings. The van der Waals surface area contributed by atoms with Crippen LogP contribution >= 0.6 is 0 Å². The monoisotopic (exact) mass is 595 g/mol. The van der Waals surface area contributed by atoms with Gasteiger partial charge in [0.05, 0.1) is 17.7 Å². The summed E-state index contributed by atoms with van der Waals surface area (Å²) >= 11 is 0. The molecule has 0 bridgehead atoms. The summed E-state index contributed by atoms with van der Waals surface area (Å²) in [5.41, 5.74) is 1.77. The molecular weight excluding hydrogens is 557 g/mol. The van der Waals surface area contributed by atoms with E-state index in [4.69, 9.17) is 4.74 Å². The van der Waals surface area contributed by atoms with Crippen molar-refractivity contribution in [2.24, 2.45) is 0 Å². The summed E-state index contributed by atoms with van der Waals surface area (Å²) in [6.07, 6.45) is 4.20. The third-order valence-corrected chi connectivity index (χ3v) is 9.39. The smallest absolute Gasteiger partial charge is 0.264 e. The number of carbonyl (C=O) groups is 2. The lowest BCUT2D eigenvalue weighted by atomic mass is 10.1. The Morgan fingerprint density at radius 3 is 2.17 bits per heavy atom. The topological polar surface area (TPSA) is 96.0 Å². The predicted octanol–water partition coefficient (Wildman–Crippen LogP) is 5.20. The zero-order chi connectivity index (χ0) is 30.3. The number of hydrogen-bond donors (Lipinski definition) is 1. The first kappa shape index (κ1) is 31.0. The fourth-order valence-corrected chi connectivity index (χ4v) is 6.60. The van der Waals surface area contributed by atoms with Crippen molar-refractivity contribution in [2.45, 2.75) is 69.5 Å². The van der Waals surface area contributed by atoms with Crippen LogP contribution in [0.15, 0.2) is 77.7 Å². The summed E-state index contributed by atoms with van der Waals surface area (Å²) in [5, 5.41) is 3.10. The summed E-state index contributed by atoms with van der Waals surface area (Å²) in [6.45, 7) is 3.18. The van der Waals surface area contributed by atoms with Crippen LogP contribution in [-0.4, -0.2) is 50.9 Å². The van der Waals surface area contributed by atoms with Crippen molar-refractivity contribution in [3.63, 3.8) is 0 Å². The van der Waals surface area contributed by atoms with Gasteiger partial charge in [0.15, 0.2) is 0 Å². The molecule has 3 aromatic rings. The lowest BCUT2D eigenvalue weighted by molar-refractivity contribution is -0.140. The summed E-state index contributed by atoms with van der Waals surface area (Å²) in [6, 6.07) is 17.6. The van der Waals surface area contributed by atoms with E-state index in [1.165, 1.54) is 29.2 Å². The number of rotatable bonds is 12. The highest BCUT2D eigenvalue weighted by molar-refractivity contribution is 7.92. The van der Waals surface area contributed by atoms with Gasteiger partial charge in [0.1, 0.15) is 24.2 Å². The largest absolute Gasteiger partial charge is 0.497 e. The fraction of sp³-hybridized carbons (Fsp3) is 0.375. The molecule has 42 heavy (non-hydrogen) atoms. The summed E-state index contributed by atoms with van der Waals surface area (Å²) < 4.78 is 47.8. The van der Waals surface area contributed by atoms with Gasteiger partial charge < -0.3 is 15.0 Å². The Bertz CT molecular complexity index is 1460. The van der Waals surface area contributed by atoms with Gasteiger partial charge in [-0.1, -0.05) is 49.6 Å².